The summed E-state index contributed by atoms with van der Waals surface area (Å²) in [5.41, 5.74) is -1.94. The third-order valence-electron chi connectivity index (χ3n) is 7.57. The number of nitrogens with one attached hydrogen (secondary N) is 1. The zero-order chi connectivity index (χ0) is 32.7. The molecule has 2 N–H and O–H groups in total. The highest BCUT2D eigenvalue weighted by molar-refractivity contribution is 7.22. The van der Waals surface area contributed by atoms with Crippen LogP contribution in [0.5, 0.6) is 0 Å². The first-order valence-corrected chi connectivity index (χ1v) is 15.1. The number of rotatable bonds is 3. The van der Waals surface area contributed by atoms with Crippen LogP contribution in [0.25, 0.3) is 43.1 Å². The fourth-order valence-corrected chi connectivity index (χ4v) is 7.06. The van der Waals surface area contributed by atoms with Gasteiger partial charge in [0.05, 0.1) is 39.0 Å². The van der Waals surface area contributed by atoms with E-state index in [0.29, 0.717) is 17.0 Å². The predicted octanol–water partition coefficient (Wildman–Crippen LogP) is 8.23. The van der Waals surface area contributed by atoms with E-state index in [1.165, 1.54) is 17.2 Å². The molecule has 1 saturated heterocycles. The minimum Gasteiger partial charge on any atom is -0.465 e. The average Bonchev–Trinajstić information content (AvgIpc) is 3.47. The van der Waals surface area contributed by atoms with Gasteiger partial charge in [0.1, 0.15) is 22.8 Å². The van der Waals surface area contributed by atoms with Gasteiger partial charge in [0.2, 0.25) is 0 Å². The van der Waals surface area contributed by atoms with Gasteiger partial charge in [0.25, 0.3) is 0 Å². The number of carbonyl (C=O) groups is 2. The molecule has 0 radical (unpaired) electrons. The van der Waals surface area contributed by atoms with Crippen molar-refractivity contribution in [2.45, 2.75) is 59.2 Å². The number of carboxylic acid groups (broad SMARTS) is 1. The molecule has 0 spiro atoms. The van der Waals surface area contributed by atoms with Gasteiger partial charge < -0.3 is 14.7 Å². The highest BCUT2D eigenvalue weighted by Gasteiger charge is 2.50. The SMILES string of the molecule is CC(C)(C)OC(=O)Nc1nc2c(-c3c(Cl)cc4c(ncc5cnn(C6CN(C(=O)O)C6C(C)(C)C)c54)c3F)c(F)cc(F)c2s1. The summed E-state index contributed by atoms with van der Waals surface area (Å²) in [7, 11) is 0. The minimum absolute atomic E-state index is 0.0876. The molecule has 0 aliphatic carbocycles. The smallest absolute Gasteiger partial charge is 0.413 e. The van der Waals surface area contributed by atoms with Crippen molar-refractivity contribution in [2.75, 3.05) is 11.9 Å². The van der Waals surface area contributed by atoms with E-state index in [2.05, 4.69) is 20.4 Å². The van der Waals surface area contributed by atoms with Crippen LogP contribution in [0.4, 0.5) is 27.9 Å². The van der Waals surface area contributed by atoms with Gasteiger partial charge in [-0.1, -0.05) is 43.7 Å². The lowest BCUT2D eigenvalue weighted by Crippen LogP contribution is -2.63. The Morgan fingerprint density at radius 3 is 2.42 bits per heavy atom. The van der Waals surface area contributed by atoms with Crippen molar-refractivity contribution in [3.8, 4) is 11.1 Å². The van der Waals surface area contributed by atoms with E-state index in [0.717, 1.165) is 11.3 Å². The number of halogens is 4. The van der Waals surface area contributed by atoms with Gasteiger partial charge in [-0.3, -0.25) is 15.0 Å². The molecule has 15 heteroatoms. The number of benzene rings is 2. The summed E-state index contributed by atoms with van der Waals surface area (Å²) in [4.78, 5) is 34.0. The van der Waals surface area contributed by atoms with E-state index in [4.69, 9.17) is 16.3 Å². The molecule has 10 nitrogen and oxygen atoms in total. The van der Waals surface area contributed by atoms with Crippen LogP contribution in [-0.4, -0.2) is 60.1 Å². The van der Waals surface area contributed by atoms with Crippen LogP contribution in [0.1, 0.15) is 47.6 Å². The number of thiazole rings is 1. The Kier molecular flexibility index (Phi) is 7.16. The summed E-state index contributed by atoms with van der Waals surface area (Å²) in [5, 5.41) is 17.2. The maximum absolute atomic E-state index is 16.5. The summed E-state index contributed by atoms with van der Waals surface area (Å²) < 4.78 is 53.7. The summed E-state index contributed by atoms with van der Waals surface area (Å²) in [5.74, 6) is -3.04. The van der Waals surface area contributed by atoms with Crippen molar-refractivity contribution in [2.24, 2.45) is 5.41 Å². The second-order valence-corrected chi connectivity index (χ2v) is 14.4. The molecule has 2 aromatic carbocycles. The van der Waals surface area contributed by atoms with Gasteiger partial charge in [0.15, 0.2) is 10.9 Å². The Bertz CT molecular complexity index is 2050. The van der Waals surface area contributed by atoms with Crippen LogP contribution < -0.4 is 5.32 Å². The van der Waals surface area contributed by atoms with Gasteiger partial charge >= 0.3 is 12.2 Å². The molecule has 45 heavy (non-hydrogen) atoms. The monoisotopic (exact) mass is 660 g/mol. The molecule has 6 rings (SSSR count). The maximum Gasteiger partial charge on any atom is 0.413 e. The number of fused-ring (bicyclic) bond motifs is 4. The third-order valence-corrected chi connectivity index (χ3v) is 8.84. The molecule has 0 bridgehead atoms. The number of pyridine rings is 1. The van der Waals surface area contributed by atoms with Crippen LogP contribution in [0.2, 0.25) is 5.02 Å². The standard InChI is InChI=1S/C30H28ClF3N6O4S/c1-29(2,3)25-17(11-39(25)28(42)43)40-23-12(10-36-40)9-35-21-13(23)7-14(31)18(20(21)34)19-15(32)8-16(33)24-22(19)37-26(45-24)38-27(41)44-30(4,5)6/h7-10,17,25H,11H2,1-6H3,(H,42,43)(H,37,38,41). The van der Waals surface area contributed by atoms with E-state index in [-0.39, 0.29) is 49.4 Å². The van der Waals surface area contributed by atoms with E-state index in [1.54, 1.807) is 31.6 Å². The molecule has 2 amide bonds. The number of carbonyl (C=O) groups excluding carboxylic acids is 1. The minimum atomic E-state index is -1.11. The molecule has 1 aliphatic heterocycles. The summed E-state index contributed by atoms with van der Waals surface area (Å²) in [6.07, 6.45) is 1.08. The zero-order valence-corrected chi connectivity index (χ0v) is 26.6. The molecule has 3 aromatic heterocycles. The second-order valence-electron chi connectivity index (χ2n) is 12.9. The molecule has 4 heterocycles. The first kappa shape index (κ1) is 30.8. The Morgan fingerprint density at radius 2 is 1.78 bits per heavy atom. The van der Waals surface area contributed by atoms with Crippen molar-refractivity contribution in [1.29, 1.82) is 0 Å². The molecule has 0 saturated carbocycles. The number of nitrogens with zero attached hydrogens (tertiary/aromatic N) is 5. The molecule has 1 fully saturated rings. The molecular formula is C30H28ClF3N6O4S. The molecule has 2 unspecified atom stereocenters. The van der Waals surface area contributed by atoms with Crippen molar-refractivity contribution in [1.82, 2.24) is 24.6 Å². The number of ether oxygens (including phenoxy) is 1. The number of hydrogen-bond donors (Lipinski definition) is 2. The second kappa shape index (κ2) is 10.4. The average molecular weight is 661 g/mol. The summed E-state index contributed by atoms with van der Waals surface area (Å²) in [6, 6.07) is 1.26. The highest BCUT2D eigenvalue weighted by atomic mass is 35.5. The van der Waals surface area contributed by atoms with E-state index in [1.807, 2.05) is 20.8 Å². The lowest BCUT2D eigenvalue weighted by atomic mass is 9.76. The highest BCUT2D eigenvalue weighted by Crippen LogP contribution is 2.46. The van der Waals surface area contributed by atoms with Crippen LogP contribution >= 0.6 is 22.9 Å². The number of hydrogen-bond acceptors (Lipinski definition) is 7. The van der Waals surface area contributed by atoms with Gasteiger partial charge in [-0.15, -0.1) is 0 Å². The number of likely N-dealkylation sites (tertiary alicyclic amines) is 1. The Morgan fingerprint density at radius 1 is 1.07 bits per heavy atom. The van der Waals surface area contributed by atoms with Crippen molar-refractivity contribution in [3.05, 3.63) is 47.0 Å². The fraction of sp³-hybridized carbons (Fsp3) is 0.367. The first-order valence-electron chi connectivity index (χ1n) is 13.9. The van der Waals surface area contributed by atoms with E-state index >= 15 is 8.78 Å². The first-order chi connectivity index (χ1) is 21.0. The maximum atomic E-state index is 16.5. The largest absolute Gasteiger partial charge is 0.465 e. The molecule has 2 atom stereocenters. The lowest BCUT2D eigenvalue weighted by molar-refractivity contribution is -0.0302. The van der Waals surface area contributed by atoms with Crippen LogP contribution in [0, 0.1) is 22.9 Å². The zero-order valence-electron chi connectivity index (χ0n) is 25.0. The van der Waals surface area contributed by atoms with Gasteiger partial charge in [-0.05, 0) is 32.3 Å². The Balaban J connectivity index is 1.51. The van der Waals surface area contributed by atoms with Gasteiger partial charge in [-0.25, -0.2) is 27.7 Å². The molecule has 236 valence electrons. The predicted molar refractivity (Wildman–Crippen MR) is 165 cm³/mol. The number of anilines is 1. The van der Waals surface area contributed by atoms with Gasteiger partial charge in [-0.2, -0.15) is 5.10 Å². The fourth-order valence-electron chi connectivity index (χ4n) is 5.91. The molecule has 1 aliphatic rings. The van der Waals surface area contributed by atoms with E-state index < -0.39 is 52.3 Å². The summed E-state index contributed by atoms with van der Waals surface area (Å²) in [6.45, 7) is 11.0. The quantitative estimate of drug-likeness (QED) is 0.200. The topological polar surface area (TPSA) is 122 Å². The van der Waals surface area contributed by atoms with E-state index in [9.17, 15) is 19.1 Å². The van der Waals surface area contributed by atoms with Crippen molar-refractivity contribution in [3.63, 3.8) is 0 Å². The van der Waals surface area contributed by atoms with Crippen LogP contribution in [-0.2, 0) is 4.74 Å². The molecule has 5 aromatic rings. The van der Waals surface area contributed by atoms with Crippen molar-refractivity contribution >= 4 is 72.3 Å². The number of aromatic nitrogens is 4. The normalized spacial score (nSPS) is 17.2. The lowest BCUT2D eigenvalue weighted by Gasteiger charge is -2.52. The summed E-state index contributed by atoms with van der Waals surface area (Å²) >= 11 is 7.40. The number of amides is 2. The van der Waals surface area contributed by atoms with Crippen LogP contribution in [0.15, 0.2) is 24.5 Å². The third kappa shape index (κ3) is 5.19. The molecular weight excluding hydrogens is 633 g/mol. The van der Waals surface area contributed by atoms with Crippen molar-refractivity contribution < 1.29 is 32.6 Å². The Labute approximate surface area is 263 Å². The van der Waals surface area contributed by atoms with Crippen LogP contribution in [0.3, 0.4) is 0 Å². The van der Waals surface area contributed by atoms with Gasteiger partial charge in [0, 0.05) is 40.7 Å². The Hall–Kier alpha value is -4.17.